The van der Waals surface area contributed by atoms with E-state index in [4.69, 9.17) is 10.0 Å². The van der Waals surface area contributed by atoms with Gasteiger partial charge in [-0.25, -0.2) is 8.78 Å². The van der Waals surface area contributed by atoms with Gasteiger partial charge in [0.1, 0.15) is 11.6 Å². The van der Waals surface area contributed by atoms with Gasteiger partial charge in [-0.15, -0.1) is 0 Å². The summed E-state index contributed by atoms with van der Waals surface area (Å²) in [4.78, 5) is 0. The van der Waals surface area contributed by atoms with Gasteiger partial charge in [0.05, 0.1) is 5.56 Å². The Bertz CT molecular complexity index is 254. The van der Waals surface area contributed by atoms with Crippen molar-refractivity contribution in [2.75, 3.05) is 0 Å². The van der Waals surface area contributed by atoms with Crippen LogP contribution in [0, 0.1) is 11.6 Å². The van der Waals surface area contributed by atoms with E-state index >= 15 is 0 Å². The van der Waals surface area contributed by atoms with E-state index < -0.39 is 11.6 Å². The summed E-state index contributed by atoms with van der Waals surface area (Å²) in [5.41, 5.74) is 0.894. The molecule has 0 heterocycles. The molecule has 0 saturated carbocycles. The van der Waals surface area contributed by atoms with Gasteiger partial charge >= 0.3 is 7.69 Å². The SMILES string of the molecule is Fc1cc2cc(F)c1-2.O[B]O. The minimum absolute atomic E-state index is 0. The van der Waals surface area contributed by atoms with Crippen LogP contribution < -0.4 is 0 Å². The van der Waals surface area contributed by atoms with Gasteiger partial charge in [0.25, 0.3) is 0 Å². The van der Waals surface area contributed by atoms with E-state index in [0.717, 1.165) is 0 Å². The molecule has 2 aliphatic rings. The Morgan fingerprint density at radius 3 is 1.55 bits per heavy atom. The predicted molar refractivity (Wildman–Crippen MR) is 35.5 cm³/mol. The van der Waals surface area contributed by atoms with Crippen LogP contribution in [-0.2, 0) is 0 Å². The highest BCUT2D eigenvalue weighted by atomic mass is 19.1. The fraction of sp³-hybridized carbons (Fsp3) is 0. The van der Waals surface area contributed by atoms with E-state index in [1.807, 2.05) is 0 Å². The van der Waals surface area contributed by atoms with Crippen LogP contribution in [0.4, 0.5) is 8.78 Å². The highest BCUT2D eigenvalue weighted by molar-refractivity contribution is 6.13. The smallest absolute Gasteiger partial charge is 0.429 e. The van der Waals surface area contributed by atoms with Crippen LogP contribution in [-0.4, -0.2) is 17.7 Å². The fourth-order valence-electron chi connectivity index (χ4n) is 0.838. The summed E-state index contributed by atoms with van der Waals surface area (Å²) in [5, 5.41) is 14.0. The molecule has 2 N–H and O–H groups in total. The molecule has 5 heteroatoms. The van der Waals surface area contributed by atoms with E-state index in [1.54, 1.807) is 0 Å². The zero-order valence-corrected chi connectivity index (χ0v) is 5.38. The van der Waals surface area contributed by atoms with Crippen molar-refractivity contribution in [1.29, 1.82) is 0 Å². The highest BCUT2D eigenvalue weighted by Crippen LogP contribution is 2.38. The van der Waals surface area contributed by atoms with E-state index in [2.05, 4.69) is 0 Å². The van der Waals surface area contributed by atoms with Crippen molar-refractivity contribution in [3.05, 3.63) is 23.8 Å². The normalized spacial score (nSPS) is 9.82. The number of halogens is 2. The molecule has 0 fully saturated rings. The lowest BCUT2D eigenvalue weighted by atomic mass is 9.92. The Hall–Kier alpha value is -0.935. The predicted octanol–water partition coefficient (Wildman–Crippen LogP) is 0.450. The summed E-state index contributed by atoms with van der Waals surface area (Å²) in [5.74, 6) is -0.833. The number of benzene rings is 1. The van der Waals surface area contributed by atoms with Gasteiger partial charge < -0.3 is 10.0 Å². The molecule has 0 aromatic rings. The summed E-state index contributed by atoms with van der Waals surface area (Å²) in [7, 11) is 0. The molecule has 2 nitrogen and oxygen atoms in total. The second kappa shape index (κ2) is 2.98. The van der Waals surface area contributed by atoms with E-state index in [-0.39, 0.29) is 13.2 Å². The lowest BCUT2D eigenvalue weighted by Gasteiger charge is -2.16. The molecule has 0 aliphatic heterocycles. The first-order valence-corrected chi connectivity index (χ1v) is 2.80. The summed E-state index contributed by atoms with van der Waals surface area (Å²) in [6.07, 6.45) is 0. The Labute approximate surface area is 62.4 Å². The first-order chi connectivity index (χ1) is 5.20. The Morgan fingerprint density at radius 2 is 1.45 bits per heavy atom. The first-order valence-electron chi connectivity index (χ1n) is 2.80. The van der Waals surface area contributed by atoms with E-state index in [0.29, 0.717) is 5.56 Å². The van der Waals surface area contributed by atoms with Crippen LogP contribution in [0.15, 0.2) is 12.1 Å². The van der Waals surface area contributed by atoms with Crippen molar-refractivity contribution in [2.45, 2.75) is 0 Å². The van der Waals surface area contributed by atoms with Gasteiger partial charge in [-0.1, -0.05) is 0 Å². The van der Waals surface area contributed by atoms with Gasteiger partial charge in [0.15, 0.2) is 0 Å². The fourth-order valence-corrected chi connectivity index (χ4v) is 0.838. The number of hydrogen-bond donors (Lipinski definition) is 2. The summed E-state index contributed by atoms with van der Waals surface area (Å²) in [6, 6.07) is 2.64. The minimum atomic E-state index is -0.417. The first kappa shape index (κ1) is 8.16. The van der Waals surface area contributed by atoms with Gasteiger partial charge in [0.2, 0.25) is 0 Å². The number of hydrogen-bond acceptors (Lipinski definition) is 2. The summed E-state index contributed by atoms with van der Waals surface area (Å²) in [6.45, 7) is 0. The molecule has 11 heavy (non-hydrogen) atoms. The standard InChI is InChI=1S/C6H2F2.BH2O2/c7-4-1-3-2-5(8)6(3)4;2-1-3/h1-2H;2-3H. The molecule has 0 unspecified atom stereocenters. The maximum Gasteiger partial charge on any atom is 0.482 e. The molecular formula is C6H4BF2O2. The third-order valence-corrected chi connectivity index (χ3v) is 1.33. The van der Waals surface area contributed by atoms with E-state index in [1.165, 1.54) is 12.1 Å². The Balaban J connectivity index is 0.000000179. The average molecular weight is 157 g/mol. The molecule has 2 rings (SSSR count). The largest absolute Gasteiger partial charge is 0.482 e. The van der Waals surface area contributed by atoms with Gasteiger partial charge in [-0.3, -0.25) is 0 Å². The van der Waals surface area contributed by atoms with Crippen LogP contribution in [0.5, 0.6) is 0 Å². The maximum absolute atomic E-state index is 12.0. The summed E-state index contributed by atoms with van der Waals surface area (Å²) >= 11 is 0. The highest BCUT2D eigenvalue weighted by Gasteiger charge is 2.23. The molecule has 0 bridgehead atoms. The monoisotopic (exact) mass is 157 g/mol. The second-order valence-corrected chi connectivity index (χ2v) is 1.93. The molecule has 0 saturated heterocycles. The molecule has 2 aliphatic carbocycles. The van der Waals surface area contributed by atoms with Crippen molar-refractivity contribution < 1.29 is 18.8 Å². The van der Waals surface area contributed by atoms with Crippen LogP contribution in [0.1, 0.15) is 0 Å². The number of fused-ring (bicyclic) bond motifs is 1. The van der Waals surface area contributed by atoms with Gasteiger partial charge in [0, 0.05) is 0 Å². The van der Waals surface area contributed by atoms with Crippen molar-refractivity contribution in [3.8, 4) is 11.1 Å². The molecule has 0 spiro atoms. The van der Waals surface area contributed by atoms with Crippen LogP contribution in [0.2, 0.25) is 0 Å². The molecule has 57 valence electrons. The van der Waals surface area contributed by atoms with Crippen molar-refractivity contribution >= 4 is 7.69 Å². The minimum Gasteiger partial charge on any atom is -0.429 e. The number of rotatable bonds is 0. The van der Waals surface area contributed by atoms with Gasteiger partial charge in [-0.2, -0.15) is 0 Å². The molecular weight excluding hydrogens is 153 g/mol. The maximum atomic E-state index is 12.0. The van der Waals surface area contributed by atoms with Crippen molar-refractivity contribution in [3.63, 3.8) is 0 Å². The lowest BCUT2D eigenvalue weighted by molar-refractivity contribution is 0.448. The second-order valence-electron chi connectivity index (χ2n) is 1.93. The average Bonchev–Trinajstić information content (AvgIpc) is 1.86. The van der Waals surface area contributed by atoms with Crippen LogP contribution in [0.25, 0.3) is 11.1 Å². The third kappa shape index (κ3) is 1.24. The molecule has 0 aromatic carbocycles. The van der Waals surface area contributed by atoms with Crippen molar-refractivity contribution in [1.82, 2.24) is 0 Å². The Kier molecular flexibility index (Phi) is 2.21. The topological polar surface area (TPSA) is 40.5 Å². The zero-order chi connectivity index (χ0) is 8.43. The van der Waals surface area contributed by atoms with Crippen molar-refractivity contribution in [2.24, 2.45) is 0 Å². The molecule has 0 amide bonds. The van der Waals surface area contributed by atoms with Gasteiger partial charge in [-0.05, 0) is 17.7 Å². The zero-order valence-electron chi connectivity index (χ0n) is 5.38. The Morgan fingerprint density at radius 1 is 1.09 bits per heavy atom. The third-order valence-electron chi connectivity index (χ3n) is 1.33. The van der Waals surface area contributed by atoms with Crippen LogP contribution in [0.3, 0.4) is 0 Å². The lowest BCUT2D eigenvalue weighted by Crippen LogP contribution is -2.01. The summed E-state index contributed by atoms with van der Waals surface area (Å²) < 4.78 is 24.0. The molecule has 0 aromatic heterocycles. The quantitative estimate of drug-likeness (QED) is 0.545. The van der Waals surface area contributed by atoms with E-state index in [9.17, 15) is 8.78 Å². The van der Waals surface area contributed by atoms with Crippen LogP contribution >= 0.6 is 0 Å². The molecule has 0 atom stereocenters. The molecule has 1 radical (unpaired) electrons.